The molecule has 0 aliphatic rings. The van der Waals surface area contributed by atoms with Crippen LogP contribution >= 0.6 is 0 Å². The van der Waals surface area contributed by atoms with E-state index in [-0.39, 0.29) is 0 Å². The van der Waals surface area contributed by atoms with Gasteiger partial charge in [0.1, 0.15) is 5.60 Å². The number of rotatable bonds is 2. The molecule has 0 radical (unpaired) electrons. The smallest absolute Gasteiger partial charge is 0.426 e. The highest BCUT2D eigenvalue weighted by molar-refractivity contribution is 5.71. The summed E-state index contributed by atoms with van der Waals surface area (Å²) in [5.41, 5.74) is -2.43. The second-order valence-electron chi connectivity index (χ2n) is 5.90. The Kier molecular flexibility index (Phi) is 5.31. The first-order valence-electron chi connectivity index (χ1n) is 6.63. The summed E-state index contributed by atoms with van der Waals surface area (Å²) in [5.74, 6) is 0. The number of amides is 1. The normalized spacial score (nSPS) is 12.8. The molecule has 0 aromatic heterocycles. The van der Waals surface area contributed by atoms with E-state index >= 15 is 0 Å². The Hall–Kier alpha value is -2.13. The Morgan fingerprint density at radius 3 is 2.00 bits per heavy atom. The molecule has 0 fully saturated rings. The lowest BCUT2D eigenvalue weighted by atomic mass is 10.1. The Labute approximate surface area is 134 Å². The van der Waals surface area contributed by atoms with E-state index in [1.807, 2.05) is 5.43 Å². The van der Waals surface area contributed by atoms with Crippen molar-refractivity contribution in [3.05, 3.63) is 29.3 Å². The van der Waals surface area contributed by atoms with Gasteiger partial charge in [0.2, 0.25) is 0 Å². The van der Waals surface area contributed by atoms with Crippen LogP contribution in [-0.2, 0) is 17.1 Å². The van der Waals surface area contributed by atoms with Gasteiger partial charge in [0.25, 0.3) is 0 Å². The number of hydrogen-bond donors (Lipinski definition) is 1. The number of halogens is 6. The highest BCUT2D eigenvalue weighted by Gasteiger charge is 2.38. The summed E-state index contributed by atoms with van der Waals surface area (Å²) < 4.78 is 82.0. The molecule has 1 aromatic rings. The van der Waals surface area contributed by atoms with Crippen LogP contribution in [0.5, 0.6) is 0 Å². The number of alkyl halides is 6. The molecule has 0 spiro atoms. The maximum atomic E-state index is 13.0. The Bertz CT molecular complexity index is 605. The molecule has 0 unspecified atom stereocenters. The summed E-state index contributed by atoms with van der Waals surface area (Å²) in [6, 6.07) is 0.944. The zero-order valence-electron chi connectivity index (χ0n) is 13.3. The first kappa shape index (κ1) is 19.9. The lowest BCUT2D eigenvalue weighted by Gasteiger charge is -2.27. The van der Waals surface area contributed by atoms with Gasteiger partial charge in [0.05, 0.1) is 16.8 Å². The van der Waals surface area contributed by atoms with Crippen LogP contribution in [0, 0.1) is 0 Å². The molecule has 1 N–H and O–H groups in total. The van der Waals surface area contributed by atoms with Crippen molar-refractivity contribution in [3.8, 4) is 0 Å². The highest BCUT2D eigenvalue weighted by atomic mass is 19.4. The largest absolute Gasteiger partial charge is 0.443 e. The van der Waals surface area contributed by atoms with Gasteiger partial charge < -0.3 is 4.74 Å². The maximum absolute atomic E-state index is 13.0. The average molecular weight is 358 g/mol. The highest BCUT2D eigenvalue weighted by Crippen LogP contribution is 2.39. The molecular weight excluding hydrogens is 342 g/mol. The topological polar surface area (TPSA) is 41.6 Å². The van der Waals surface area contributed by atoms with Crippen molar-refractivity contribution < 1.29 is 35.9 Å². The van der Waals surface area contributed by atoms with Gasteiger partial charge in [-0.15, -0.1) is 0 Å². The minimum Gasteiger partial charge on any atom is -0.443 e. The Morgan fingerprint density at radius 2 is 1.58 bits per heavy atom. The molecule has 24 heavy (non-hydrogen) atoms. The molecule has 0 saturated heterocycles. The summed E-state index contributed by atoms with van der Waals surface area (Å²) in [7, 11) is 0.981. The quantitative estimate of drug-likeness (QED) is 0.621. The number of anilines is 1. The van der Waals surface area contributed by atoms with Crippen LogP contribution in [0.1, 0.15) is 31.9 Å². The second-order valence-corrected chi connectivity index (χ2v) is 5.90. The van der Waals surface area contributed by atoms with Crippen molar-refractivity contribution in [1.29, 1.82) is 0 Å². The predicted molar refractivity (Wildman–Crippen MR) is 74.2 cm³/mol. The Morgan fingerprint density at radius 1 is 1.04 bits per heavy atom. The molecule has 0 atom stereocenters. The third-order valence-corrected chi connectivity index (χ3v) is 2.65. The van der Waals surface area contributed by atoms with Crippen LogP contribution < -0.4 is 10.4 Å². The van der Waals surface area contributed by atoms with E-state index in [2.05, 4.69) is 0 Å². The van der Waals surface area contributed by atoms with Gasteiger partial charge in [0, 0.05) is 7.05 Å². The van der Waals surface area contributed by atoms with Gasteiger partial charge in [0.15, 0.2) is 0 Å². The van der Waals surface area contributed by atoms with Crippen molar-refractivity contribution >= 4 is 11.8 Å². The average Bonchev–Trinajstić information content (AvgIpc) is 2.33. The molecular formula is C14H16F6N2O2. The molecule has 1 rings (SSSR count). The first-order valence-corrected chi connectivity index (χ1v) is 6.63. The zero-order chi connectivity index (χ0) is 18.9. The fraction of sp³-hybridized carbons (Fsp3) is 0.500. The predicted octanol–water partition coefficient (Wildman–Crippen LogP) is 4.60. The van der Waals surface area contributed by atoms with E-state index in [9.17, 15) is 31.1 Å². The van der Waals surface area contributed by atoms with Gasteiger partial charge >= 0.3 is 18.4 Å². The van der Waals surface area contributed by atoms with Crippen LogP contribution in [0.4, 0.5) is 36.8 Å². The second kappa shape index (κ2) is 6.40. The van der Waals surface area contributed by atoms with Gasteiger partial charge in [-0.25, -0.2) is 10.2 Å². The molecule has 0 aliphatic carbocycles. The zero-order valence-corrected chi connectivity index (χ0v) is 13.3. The van der Waals surface area contributed by atoms with Crippen molar-refractivity contribution in [1.82, 2.24) is 5.43 Å². The third kappa shape index (κ3) is 5.50. The maximum Gasteiger partial charge on any atom is 0.426 e. The summed E-state index contributed by atoms with van der Waals surface area (Å²) >= 11 is 0. The van der Waals surface area contributed by atoms with E-state index in [0.717, 1.165) is 7.05 Å². The number of carbonyl (C=O) groups excluding carboxylic acids is 1. The van der Waals surface area contributed by atoms with E-state index in [0.29, 0.717) is 23.2 Å². The number of benzene rings is 1. The number of nitrogens with zero attached hydrogens (tertiary/aromatic N) is 1. The van der Waals surface area contributed by atoms with Crippen LogP contribution in [0.15, 0.2) is 18.2 Å². The first-order chi connectivity index (χ1) is 10.6. The van der Waals surface area contributed by atoms with Crippen molar-refractivity contribution in [2.45, 2.75) is 38.7 Å². The summed E-state index contributed by atoms with van der Waals surface area (Å²) in [6.45, 7) is 4.58. The van der Waals surface area contributed by atoms with E-state index in [1.54, 1.807) is 0 Å². The molecule has 0 aliphatic heterocycles. The van der Waals surface area contributed by atoms with Crippen molar-refractivity contribution in [3.63, 3.8) is 0 Å². The molecule has 136 valence electrons. The number of nitrogens with one attached hydrogen (secondary N) is 1. The molecule has 4 nitrogen and oxygen atoms in total. The lowest BCUT2D eigenvalue weighted by Crippen LogP contribution is -2.43. The minimum atomic E-state index is -4.90. The number of carbonyl (C=O) groups is 1. The van der Waals surface area contributed by atoms with E-state index in [1.165, 1.54) is 20.8 Å². The number of hydrazine groups is 1. The summed E-state index contributed by atoms with van der Waals surface area (Å²) in [6.07, 6.45) is -10.8. The molecule has 0 heterocycles. The standard InChI is InChI=1S/C14H16F6N2O2/c1-12(2,3)24-11(23)21-22(4)10-7-8(13(15,16)17)5-6-9(10)14(18,19)20/h5-7H,1-4H3,(H,21,23). The molecule has 10 heteroatoms. The summed E-state index contributed by atoms with van der Waals surface area (Å²) in [5, 5.41) is 0.534. The van der Waals surface area contributed by atoms with Crippen LogP contribution in [-0.4, -0.2) is 18.7 Å². The number of ether oxygens (including phenoxy) is 1. The van der Waals surface area contributed by atoms with Crippen molar-refractivity contribution in [2.24, 2.45) is 0 Å². The van der Waals surface area contributed by atoms with E-state index < -0.39 is 40.9 Å². The Balaban J connectivity index is 3.20. The SMILES string of the molecule is CN(NC(=O)OC(C)(C)C)c1cc(C(F)(F)F)ccc1C(F)(F)F. The lowest BCUT2D eigenvalue weighted by molar-refractivity contribution is -0.141. The van der Waals surface area contributed by atoms with Gasteiger partial charge in [-0.3, -0.25) is 5.01 Å². The minimum absolute atomic E-state index is 0.306. The van der Waals surface area contributed by atoms with Crippen LogP contribution in [0.2, 0.25) is 0 Å². The van der Waals surface area contributed by atoms with E-state index in [4.69, 9.17) is 4.74 Å². The number of hydrogen-bond acceptors (Lipinski definition) is 3. The van der Waals surface area contributed by atoms with Gasteiger partial charge in [-0.1, -0.05) is 0 Å². The third-order valence-electron chi connectivity index (χ3n) is 2.65. The molecule has 0 bridgehead atoms. The monoisotopic (exact) mass is 358 g/mol. The molecule has 1 amide bonds. The molecule has 1 aromatic carbocycles. The molecule has 0 saturated carbocycles. The van der Waals surface area contributed by atoms with Crippen molar-refractivity contribution in [2.75, 3.05) is 12.1 Å². The fourth-order valence-electron chi connectivity index (χ4n) is 1.72. The van der Waals surface area contributed by atoms with Crippen LogP contribution in [0.25, 0.3) is 0 Å². The fourth-order valence-corrected chi connectivity index (χ4v) is 1.72. The van der Waals surface area contributed by atoms with Gasteiger partial charge in [-0.05, 0) is 39.0 Å². The van der Waals surface area contributed by atoms with Crippen LogP contribution in [0.3, 0.4) is 0 Å². The summed E-state index contributed by atoms with van der Waals surface area (Å²) in [4.78, 5) is 11.6. The van der Waals surface area contributed by atoms with Gasteiger partial charge in [-0.2, -0.15) is 26.3 Å².